The summed E-state index contributed by atoms with van der Waals surface area (Å²) in [7, 11) is 0. The second kappa shape index (κ2) is 4.21. The molecule has 1 aromatic carbocycles. The van der Waals surface area contributed by atoms with Gasteiger partial charge in [0.15, 0.2) is 0 Å². The molecule has 0 atom stereocenters. The van der Waals surface area contributed by atoms with Gasteiger partial charge in [-0.15, -0.1) is 0 Å². The normalized spacial score (nSPS) is 11.5. The molecule has 0 spiro atoms. The Kier molecular flexibility index (Phi) is 2.86. The van der Waals surface area contributed by atoms with Crippen LogP contribution in [0.5, 0.6) is 0 Å². The Morgan fingerprint density at radius 1 is 1.06 bits per heavy atom. The Morgan fingerprint density at radius 3 is 2.11 bits per heavy atom. The molecule has 1 aromatic heterocycles. The predicted molar refractivity (Wildman–Crippen MR) is 58.2 cm³/mol. The summed E-state index contributed by atoms with van der Waals surface area (Å²) in [5.41, 5.74) is 0.206. The molecule has 0 aliphatic rings. The second-order valence-electron chi connectivity index (χ2n) is 3.67. The van der Waals surface area contributed by atoms with Crippen LogP contribution in [0, 0.1) is 0 Å². The van der Waals surface area contributed by atoms with E-state index in [9.17, 15) is 18.0 Å². The molecule has 0 amide bonds. The molecule has 1 heterocycles. The maximum atomic E-state index is 12.3. The number of alkyl halides is 3. The summed E-state index contributed by atoms with van der Waals surface area (Å²) in [6.07, 6.45) is -4.37. The zero-order valence-electron chi connectivity index (χ0n) is 8.95. The van der Waals surface area contributed by atoms with Gasteiger partial charge in [-0.2, -0.15) is 13.2 Å². The number of aromatic nitrogens is 1. The van der Waals surface area contributed by atoms with Crippen LogP contribution < -0.4 is 0 Å². The fraction of sp³-hybridized carbons (Fsp3) is 0.0833. The van der Waals surface area contributed by atoms with E-state index < -0.39 is 17.7 Å². The number of halogens is 3. The molecule has 0 bridgehead atoms. The predicted octanol–water partition coefficient (Wildman–Crippen LogP) is 3.40. The van der Waals surface area contributed by atoms with Crippen molar-refractivity contribution in [2.24, 2.45) is 0 Å². The number of nitrogens with one attached hydrogen (secondary N) is 1. The molecule has 0 unspecified atom stereocenters. The number of carboxylic acid groups (broad SMARTS) is 1. The van der Waals surface area contributed by atoms with Gasteiger partial charge < -0.3 is 10.1 Å². The van der Waals surface area contributed by atoms with Gasteiger partial charge >= 0.3 is 12.1 Å². The summed E-state index contributed by atoms with van der Waals surface area (Å²) in [6.45, 7) is 0. The van der Waals surface area contributed by atoms with Crippen molar-refractivity contribution in [1.29, 1.82) is 0 Å². The van der Waals surface area contributed by atoms with Crippen LogP contribution >= 0.6 is 0 Å². The number of H-pyrrole nitrogens is 1. The zero-order chi connectivity index (χ0) is 13.3. The molecular formula is C12H8F3NO2. The van der Waals surface area contributed by atoms with Crippen LogP contribution in [-0.4, -0.2) is 16.1 Å². The highest BCUT2D eigenvalue weighted by Gasteiger charge is 2.29. The first-order valence-electron chi connectivity index (χ1n) is 4.98. The highest BCUT2D eigenvalue weighted by atomic mass is 19.4. The lowest BCUT2D eigenvalue weighted by Gasteiger charge is -2.06. The quantitative estimate of drug-likeness (QED) is 0.864. The average molecular weight is 255 g/mol. The summed E-state index contributed by atoms with van der Waals surface area (Å²) in [5.74, 6) is -1.12. The highest BCUT2D eigenvalue weighted by Crippen LogP contribution is 2.30. The lowest BCUT2D eigenvalue weighted by atomic mass is 10.1. The Morgan fingerprint density at radius 2 is 1.67 bits per heavy atom. The Bertz CT molecular complexity index is 570. The molecule has 18 heavy (non-hydrogen) atoms. The van der Waals surface area contributed by atoms with E-state index in [2.05, 4.69) is 4.98 Å². The smallest absolute Gasteiger partial charge is 0.416 e. The summed E-state index contributed by atoms with van der Waals surface area (Å²) >= 11 is 0. The van der Waals surface area contributed by atoms with Gasteiger partial charge in [0.1, 0.15) is 5.69 Å². The third-order valence-electron chi connectivity index (χ3n) is 2.44. The minimum Gasteiger partial charge on any atom is -0.477 e. The minimum absolute atomic E-state index is 0.00935. The van der Waals surface area contributed by atoms with Crippen molar-refractivity contribution in [1.82, 2.24) is 4.98 Å². The third-order valence-corrected chi connectivity index (χ3v) is 2.44. The van der Waals surface area contributed by atoms with Gasteiger partial charge in [-0.1, -0.05) is 12.1 Å². The number of aromatic carboxylic acids is 1. The fourth-order valence-corrected chi connectivity index (χ4v) is 1.53. The van der Waals surface area contributed by atoms with Gasteiger partial charge in [-0.3, -0.25) is 0 Å². The lowest BCUT2D eigenvalue weighted by Crippen LogP contribution is -2.04. The van der Waals surface area contributed by atoms with Gasteiger partial charge in [0, 0.05) is 5.69 Å². The van der Waals surface area contributed by atoms with E-state index in [0.29, 0.717) is 11.3 Å². The van der Waals surface area contributed by atoms with Gasteiger partial charge in [-0.05, 0) is 29.8 Å². The third kappa shape index (κ3) is 2.37. The highest BCUT2D eigenvalue weighted by molar-refractivity contribution is 5.86. The number of carboxylic acids is 1. The first-order valence-corrected chi connectivity index (χ1v) is 4.98. The minimum atomic E-state index is -4.37. The van der Waals surface area contributed by atoms with Gasteiger partial charge in [0.25, 0.3) is 0 Å². The topological polar surface area (TPSA) is 53.1 Å². The SMILES string of the molecule is O=C(O)c1ccc(-c2ccc(C(F)(F)F)cc2)[nH]1. The van der Waals surface area contributed by atoms with E-state index in [1.807, 2.05) is 0 Å². The molecule has 2 aromatic rings. The van der Waals surface area contributed by atoms with Gasteiger partial charge in [0.05, 0.1) is 5.56 Å². The molecule has 6 heteroatoms. The molecule has 0 aliphatic carbocycles. The van der Waals surface area contributed by atoms with Crippen LogP contribution in [0.3, 0.4) is 0 Å². The molecule has 94 valence electrons. The molecular weight excluding hydrogens is 247 g/mol. The van der Waals surface area contributed by atoms with Crippen molar-refractivity contribution >= 4 is 5.97 Å². The zero-order valence-corrected chi connectivity index (χ0v) is 8.95. The van der Waals surface area contributed by atoms with E-state index in [4.69, 9.17) is 5.11 Å². The number of carbonyl (C=O) groups is 1. The van der Waals surface area contributed by atoms with Crippen molar-refractivity contribution < 1.29 is 23.1 Å². The van der Waals surface area contributed by atoms with E-state index >= 15 is 0 Å². The van der Waals surface area contributed by atoms with Crippen molar-refractivity contribution in [3.63, 3.8) is 0 Å². The Balaban J connectivity index is 2.31. The number of hydrogen-bond donors (Lipinski definition) is 2. The average Bonchev–Trinajstić information content (AvgIpc) is 2.77. The molecule has 2 rings (SSSR count). The first kappa shape index (κ1) is 12.2. The molecule has 3 nitrogen and oxygen atoms in total. The van der Waals surface area contributed by atoms with E-state index in [-0.39, 0.29) is 5.69 Å². The molecule has 0 fully saturated rings. The fourth-order valence-electron chi connectivity index (χ4n) is 1.53. The van der Waals surface area contributed by atoms with Crippen LogP contribution in [0.4, 0.5) is 13.2 Å². The van der Waals surface area contributed by atoms with E-state index in [1.165, 1.54) is 24.3 Å². The number of rotatable bonds is 2. The van der Waals surface area contributed by atoms with Crippen LogP contribution in [-0.2, 0) is 6.18 Å². The van der Waals surface area contributed by atoms with Crippen LogP contribution in [0.15, 0.2) is 36.4 Å². The summed E-state index contributed by atoms with van der Waals surface area (Å²) in [4.78, 5) is 13.3. The first-order chi connectivity index (χ1) is 8.38. The summed E-state index contributed by atoms with van der Waals surface area (Å²) in [6, 6.07) is 7.36. The Labute approximate surface area is 99.9 Å². The monoisotopic (exact) mass is 255 g/mol. The molecule has 0 radical (unpaired) electrons. The Hall–Kier alpha value is -2.24. The van der Waals surface area contributed by atoms with Crippen molar-refractivity contribution in [3.05, 3.63) is 47.7 Å². The van der Waals surface area contributed by atoms with E-state index in [0.717, 1.165) is 12.1 Å². The van der Waals surface area contributed by atoms with Crippen LogP contribution in [0.2, 0.25) is 0 Å². The van der Waals surface area contributed by atoms with Crippen molar-refractivity contribution in [2.75, 3.05) is 0 Å². The number of benzene rings is 1. The maximum Gasteiger partial charge on any atom is 0.416 e. The van der Waals surface area contributed by atoms with Crippen LogP contribution in [0.1, 0.15) is 16.1 Å². The number of hydrogen-bond acceptors (Lipinski definition) is 1. The van der Waals surface area contributed by atoms with Crippen molar-refractivity contribution in [2.45, 2.75) is 6.18 Å². The van der Waals surface area contributed by atoms with E-state index in [1.54, 1.807) is 0 Å². The standard InChI is InChI=1S/C12H8F3NO2/c13-12(14,15)8-3-1-7(2-4-8)9-5-6-10(16-9)11(17)18/h1-6,16H,(H,17,18). The van der Waals surface area contributed by atoms with Gasteiger partial charge in [0.2, 0.25) is 0 Å². The number of aromatic amines is 1. The molecule has 0 saturated carbocycles. The summed E-state index contributed by atoms with van der Waals surface area (Å²) < 4.78 is 37.0. The second-order valence-corrected chi connectivity index (χ2v) is 3.67. The molecule has 2 N–H and O–H groups in total. The largest absolute Gasteiger partial charge is 0.477 e. The molecule has 0 aliphatic heterocycles. The van der Waals surface area contributed by atoms with Gasteiger partial charge in [-0.25, -0.2) is 4.79 Å². The molecule has 0 saturated heterocycles. The maximum absolute atomic E-state index is 12.3. The van der Waals surface area contributed by atoms with Crippen LogP contribution in [0.25, 0.3) is 11.3 Å². The lowest BCUT2D eigenvalue weighted by molar-refractivity contribution is -0.137. The summed E-state index contributed by atoms with van der Waals surface area (Å²) in [5, 5.41) is 8.72. The van der Waals surface area contributed by atoms with Crippen molar-refractivity contribution in [3.8, 4) is 11.3 Å².